The van der Waals surface area contributed by atoms with Crippen molar-refractivity contribution in [1.29, 1.82) is 0 Å². The Hall–Kier alpha value is -3.06. The largest absolute Gasteiger partial charge is 0.369 e. The minimum atomic E-state index is -2.93. The smallest absolute Gasteiger partial charge is 0.272 e. The van der Waals surface area contributed by atoms with E-state index >= 15 is 0 Å². The normalized spacial score (nSPS) is 15.7. The second-order valence-electron chi connectivity index (χ2n) is 7.47. The number of benzene rings is 2. The van der Waals surface area contributed by atoms with Crippen molar-refractivity contribution >= 4 is 27.1 Å². The number of nitrogens with one attached hydrogen (secondary N) is 1. The van der Waals surface area contributed by atoms with Gasteiger partial charge in [0.25, 0.3) is 5.91 Å². The van der Waals surface area contributed by atoms with Crippen LogP contribution >= 0.6 is 0 Å². The molecule has 6 nitrogen and oxygen atoms in total. The lowest BCUT2D eigenvalue weighted by atomic mass is 10.1. The summed E-state index contributed by atoms with van der Waals surface area (Å²) in [5.74, 6) is 0.170. The molecule has 156 valence electrons. The molecule has 1 fully saturated rings. The molecule has 0 unspecified atom stereocenters. The molecule has 0 atom stereocenters. The van der Waals surface area contributed by atoms with Gasteiger partial charge in [-0.15, -0.1) is 0 Å². The zero-order chi connectivity index (χ0) is 21.0. The van der Waals surface area contributed by atoms with Crippen LogP contribution in [-0.2, 0) is 22.8 Å². The molecule has 0 radical (unpaired) electrons. The standard InChI is InChI=1S/C23H25N3O3S/c27-23(22-10-5-12-26(22)13-11-19-6-2-1-3-7-19)24-20-8-4-9-21(18-20)25-14-16-30(28,29)17-15-25/h1-10,12,18H,11,13-17H2,(H,24,27). The summed E-state index contributed by atoms with van der Waals surface area (Å²) in [5.41, 5.74) is 3.46. The molecule has 30 heavy (non-hydrogen) atoms. The highest BCUT2D eigenvalue weighted by Gasteiger charge is 2.22. The van der Waals surface area contributed by atoms with E-state index < -0.39 is 9.84 Å². The van der Waals surface area contributed by atoms with E-state index in [1.165, 1.54) is 5.56 Å². The SMILES string of the molecule is O=C(Nc1cccc(N2CCS(=O)(=O)CC2)c1)c1cccn1CCc1ccccc1. The van der Waals surface area contributed by atoms with Gasteiger partial charge in [0.2, 0.25) is 0 Å². The molecule has 1 aliphatic rings. The Kier molecular flexibility index (Phi) is 5.90. The van der Waals surface area contributed by atoms with Gasteiger partial charge >= 0.3 is 0 Å². The van der Waals surface area contributed by atoms with Crippen LogP contribution in [0.15, 0.2) is 72.9 Å². The Labute approximate surface area is 177 Å². The fourth-order valence-electron chi connectivity index (χ4n) is 3.66. The number of hydrogen-bond acceptors (Lipinski definition) is 4. The highest BCUT2D eigenvalue weighted by Crippen LogP contribution is 2.22. The molecule has 0 spiro atoms. The Morgan fingerprint density at radius 3 is 2.47 bits per heavy atom. The minimum Gasteiger partial charge on any atom is -0.369 e. The molecule has 2 aromatic carbocycles. The van der Waals surface area contributed by atoms with Gasteiger partial charge in [0, 0.05) is 37.2 Å². The molecule has 4 rings (SSSR count). The van der Waals surface area contributed by atoms with Gasteiger partial charge in [0.15, 0.2) is 9.84 Å². The maximum atomic E-state index is 12.9. The number of hydrogen-bond donors (Lipinski definition) is 1. The summed E-state index contributed by atoms with van der Waals surface area (Å²) in [6.45, 7) is 1.67. The number of anilines is 2. The molecule has 2 heterocycles. The summed E-state index contributed by atoms with van der Waals surface area (Å²) in [6, 6.07) is 21.5. The molecule has 0 bridgehead atoms. The first kappa shape index (κ1) is 20.2. The highest BCUT2D eigenvalue weighted by molar-refractivity contribution is 7.91. The molecule has 0 aliphatic carbocycles. The quantitative estimate of drug-likeness (QED) is 0.661. The lowest BCUT2D eigenvalue weighted by molar-refractivity contribution is 0.101. The van der Waals surface area contributed by atoms with Crippen molar-refractivity contribution in [2.45, 2.75) is 13.0 Å². The predicted octanol–water partition coefficient (Wildman–Crippen LogP) is 3.22. The van der Waals surface area contributed by atoms with Crippen molar-refractivity contribution in [2.24, 2.45) is 0 Å². The summed E-state index contributed by atoms with van der Waals surface area (Å²) in [6.07, 6.45) is 2.77. The van der Waals surface area contributed by atoms with Crippen LogP contribution in [0.5, 0.6) is 0 Å². The fraction of sp³-hybridized carbons (Fsp3) is 0.261. The van der Waals surface area contributed by atoms with E-state index in [0.717, 1.165) is 18.7 Å². The van der Waals surface area contributed by atoms with E-state index in [1.807, 2.05) is 70.3 Å². The van der Waals surface area contributed by atoms with Gasteiger partial charge in [-0.1, -0.05) is 36.4 Å². The van der Waals surface area contributed by atoms with Crippen molar-refractivity contribution in [1.82, 2.24) is 4.57 Å². The van der Waals surface area contributed by atoms with Crippen LogP contribution in [0, 0.1) is 0 Å². The monoisotopic (exact) mass is 423 g/mol. The van der Waals surface area contributed by atoms with Crippen LogP contribution in [0.2, 0.25) is 0 Å². The third-order valence-electron chi connectivity index (χ3n) is 5.36. The average Bonchev–Trinajstić information content (AvgIpc) is 3.22. The van der Waals surface area contributed by atoms with E-state index in [0.29, 0.717) is 24.5 Å². The van der Waals surface area contributed by atoms with Crippen molar-refractivity contribution in [3.8, 4) is 0 Å². The average molecular weight is 424 g/mol. The van der Waals surface area contributed by atoms with Crippen LogP contribution in [0.4, 0.5) is 11.4 Å². The number of aryl methyl sites for hydroxylation is 2. The summed E-state index contributed by atoms with van der Waals surface area (Å²) in [5, 5.41) is 2.97. The molecule has 1 aromatic heterocycles. The maximum absolute atomic E-state index is 12.9. The van der Waals surface area contributed by atoms with Crippen molar-refractivity contribution in [3.63, 3.8) is 0 Å². The van der Waals surface area contributed by atoms with Crippen LogP contribution in [0.3, 0.4) is 0 Å². The fourth-order valence-corrected chi connectivity index (χ4v) is 4.86. The molecule has 7 heteroatoms. The van der Waals surface area contributed by atoms with Gasteiger partial charge < -0.3 is 14.8 Å². The number of rotatable bonds is 6. The van der Waals surface area contributed by atoms with Crippen LogP contribution in [-0.4, -0.2) is 43.5 Å². The second kappa shape index (κ2) is 8.75. The number of aromatic nitrogens is 1. The number of sulfone groups is 1. The van der Waals surface area contributed by atoms with Crippen molar-refractivity contribution in [2.75, 3.05) is 34.8 Å². The molecule has 1 saturated heterocycles. The molecule has 1 aliphatic heterocycles. The number of nitrogens with zero attached hydrogens (tertiary/aromatic N) is 2. The van der Waals surface area contributed by atoms with Crippen molar-refractivity contribution in [3.05, 3.63) is 84.2 Å². The molecular formula is C23H25N3O3S. The minimum absolute atomic E-state index is 0.161. The van der Waals surface area contributed by atoms with Gasteiger partial charge in [-0.2, -0.15) is 0 Å². The number of amides is 1. The summed E-state index contributed by atoms with van der Waals surface area (Å²) >= 11 is 0. The van der Waals surface area contributed by atoms with Crippen molar-refractivity contribution < 1.29 is 13.2 Å². The third-order valence-corrected chi connectivity index (χ3v) is 6.97. The van der Waals surface area contributed by atoms with E-state index in [1.54, 1.807) is 0 Å². The molecular weight excluding hydrogens is 398 g/mol. The molecule has 3 aromatic rings. The van der Waals surface area contributed by atoms with Crippen LogP contribution < -0.4 is 10.2 Å². The molecule has 0 saturated carbocycles. The lowest BCUT2D eigenvalue weighted by Crippen LogP contribution is -2.40. The zero-order valence-corrected chi connectivity index (χ0v) is 17.5. The first-order chi connectivity index (χ1) is 14.5. The van der Waals surface area contributed by atoms with Gasteiger partial charge in [-0.25, -0.2) is 8.42 Å². The van der Waals surface area contributed by atoms with Gasteiger partial charge in [0.05, 0.1) is 11.5 Å². The van der Waals surface area contributed by atoms with Gasteiger partial charge in [0.1, 0.15) is 5.69 Å². The van der Waals surface area contributed by atoms with Crippen LogP contribution in [0.25, 0.3) is 0 Å². The topological polar surface area (TPSA) is 71.4 Å². The Morgan fingerprint density at radius 2 is 1.70 bits per heavy atom. The Morgan fingerprint density at radius 1 is 0.933 bits per heavy atom. The van der Waals surface area contributed by atoms with Gasteiger partial charge in [-0.05, 0) is 42.3 Å². The molecule has 1 amide bonds. The zero-order valence-electron chi connectivity index (χ0n) is 16.7. The Balaban J connectivity index is 1.42. The van der Waals surface area contributed by atoms with Crippen LogP contribution in [0.1, 0.15) is 16.1 Å². The summed E-state index contributed by atoms with van der Waals surface area (Å²) in [7, 11) is -2.93. The summed E-state index contributed by atoms with van der Waals surface area (Å²) < 4.78 is 25.3. The third kappa shape index (κ3) is 4.91. The van der Waals surface area contributed by atoms with E-state index in [-0.39, 0.29) is 17.4 Å². The first-order valence-corrected chi connectivity index (χ1v) is 11.9. The Bertz CT molecular complexity index is 1110. The lowest BCUT2D eigenvalue weighted by Gasteiger charge is -2.29. The maximum Gasteiger partial charge on any atom is 0.272 e. The molecule has 1 N–H and O–H groups in total. The summed E-state index contributed by atoms with van der Waals surface area (Å²) in [4.78, 5) is 14.9. The second-order valence-corrected chi connectivity index (χ2v) is 9.77. The first-order valence-electron chi connectivity index (χ1n) is 10.1. The van der Waals surface area contributed by atoms with E-state index in [9.17, 15) is 13.2 Å². The van der Waals surface area contributed by atoms with E-state index in [4.69, 9.17) is 0 Å². The highest BCUT2D eigenvalue weighted by atomic mass is 32.2. The van der Waals surface area contributed by atoms with E-state index in [2.05, 4.69) is 17.4 Å². The predicted molar refractivity (Wildman–Crippen MR) is 120 cm³/mol. The van der Waals surface area contributed by atoms with Gasteiger partial charge in [-0.3, -0.25) is 4.79 Å². The number of carbonyl (C=O) groups is 1. The number of carbonyl (C=O) groups excluding carboxylic acids is 1.